The lowest BCUT2D eigenvalue weighted by Gasteiger charge is -2.22. The van der Waals surface area contributed by atoms with E-state index in [1.807, 2.05) is 4.90 Å². The van der Waals surface area contributed by atoms with Gasteiger partial charge in [-0.2, -0.15) is 9.97 Å². The first-order valence-electron chi connectivity index (χ1n) is 11.9. The summed E-state index contributed by atoms with van der Waals surface area (Å²) in [4.78, 5) is 30.1. The minimum Gasteiger partial charge on any atom is -0.356 e. The number of hydrogen-bond donors (Lipinski definition) is 0. The van der Waals surface area contributed by atoms with Crippen LogP contribution in [0.1, 0.15) is 38.5 Å². The smallest absolute Gasteiger partial charge is 0.242 e. The number of anilines is 2. The van der Waals surface area contributed by atoms with Crippen LogP contribution in [0.25, 0.3) is 21.9 Å². The van der Waals surface area contributed by atoms with E-state index in [1.54, 1.807) is 0 Å². The highest BCUT2D eigenvalue weighted by molar-refractivity contribution is 6.12. The maximum Gasteiger partial charge on any atom is 0.242 e. The molecule has 31 heavy (non-hydrogen) atoms. The third kappa shape index (κ3) is 3.22. The van der Waals surface area contributed by atoms with Gasteiger partial charge in [0.05, 0.1) is 10.9 Å². The van der Waals surface area contributed by atoms with Gasteiger partial charge in [-0.15, -0.1) is 0 Å². The Morgan fingerprint density at radius 1 is 0.806 bits per heavy atom. The molecule has 7 heteroatoms. The highest BCUT2D eigenvalue weighted by Gasteiger charge is 2.27. The Morgan fingerprint density at radius 3 is 2.19 bits per heavy atom. The van der Waals surface area contributed by atoms with Crippen LogP contribution in [0, 0.1) is 0 Å². The molecule has 7 nitrogen and oxygen atoms in total. The molecule has 3 saturated heterocycles. The monoisotopic (exact) mass is 423 g/mol. The molecule has 1 aromatic carbocycles. The first-order chi connectivity index (χ1) is 15.3. The van der Waals surface area contributed by atoms with Gasteiger partial charge >= 0.3 is 0 Å². The normalized spacial score (nSPS) is 19.4. The second-order valence-electron chi connectivity index (χ2n) is 9.13. The fourth-order valence-electron chi connectivity index (χ4n) is 5.48. The van der Waals surface area contributed by atoms with E-state index in [-0.39, 0.29) is 5.91 Å². The van der Waals surface area contributed by atoms with Crippen molar-refractivity contribution in [2.24, 2.45) is 0 Å². The van der Waals surface area contributed by atoms with E-state index in [0.717, 1.165) is 85.8 Å². The zero-order valence-electron chi connectivity index (χ0n) is 18.1. The van der Waals surface area contributed by atoms with Crippen LogP contribution in [0.3, 0.4) is 0 Å². The van der Waals surface area contributed by atoms with Gasteiger partial charge in [-0.1, -0.05) is 18.2 Å². The zero-order valence-corrected chi connectivity index (χ0v) is 18.1. The molecule has 0 radical (unpaired) electrons. The Bertz CT molecular complexity index is 1120. The van der Waals surface area contributed by atoms with Crippen LogP contribution in [0.4, 0.5) is 11.8 Å². The maximum atomic E-state index is 13.1. The molecule has 1 amide bonds. The summed E-state index contributed by atoms with van der Waals surface area (Å²) in [6.45, 7) is 6.21. The largest absolute Gasteiger partial charge is 0.356 e. The maximum absolute atomic E-state index is 13.1. The molecule has 2 aromatic heterocycles. The molecule has 0 spiro atoms. The molecule has 162 valence electrons. The lowest BCUT2D eigenvalue weighted by Crippen LogP contribution is -2.31. The van der Waals surface area contributed by atoms with Crippen molar-refractivity contribution in [3.05, 3.63) is 24.3 Å². The lowest BCUT2D eigenvalue weighted by molar-refractivity contribution is -0.130. The van der Waals surface area contributed by atoms with E-state index in [1.165, 1.54) is 25.7 Å². The van der Waals surface area contributed by atoms with E-state index in [2.05, 4.69) is 38.6 Å². The molecule has 6 rings (SSSR count). The van der Waals surface area contributed by atoms with E-state index >= 15 is 0 Å². The number of hydrogen-bond acceptors (Lipinski definition) is 5. The molecule has 3 aliphatic rings. The molecule has 3 aliphatic heterocycles. The number of likely N-dealkylation sites (tertiary alicyclic amines) is 1. The van der Waals surface area contributed by atoms with Crippen LogP contribution >= 0.6 is 0 Å². The molecular formula is C24H30N6O. The number of aromatic nitrogens is 3. The Kier molecular flexibility index (Phi) is 4.69. The summed E-state index contributed by atoms with van der Waals surface area (Å²) < 4.78 is 2.14. The first-order valence-corrected chi connectivity index (χ1v) is 11.9. The molecule has 0 unspecified atom stereocenters. The van der Waals surface area contributed by atoms with Crippen molar-refractivity contribution in [1.82, 2.24) is 19.4 Å². The minimum absolute atomic E-state index is 0.198. The molecular weight excluding hydrogens is 393 g/mol. The van der Waals surface area contributed by atoms with Gasteiger partial charge in [0.1, 0.15) is 18.0 Å². The number of carbonyl (C=O) groups is 1. The van der Waals surface area contributed by atoms with Gasteiger partial charge < -0.3 is 19.3 Å². The SMILES string of the molecule is O=C(Cn1c2ccccc2c2[13c](N3CCCC3)[15n][13c](N3CCCC3)[15n][13c]21)N1CCCC1. The Hall–Kier alpha value is -2.83. The van der Waals surface area contributed by atoms with Crippen molar-refractivity contribution < 1.29 is 4.79 Å². The van der Waals surface area contributed by atoms with Crippen LogP contribution in [-0.4, -0.2) is 64.6 Å². The summed E-state index contributed by atoms with van der Waals surface area (Å²) >= 11 is 0. The van der Waals surface area contributed by atoms with Crippen molar-refractivity contribution in [3.8, 4) is 0 Å². The number of para-hydroxylation sites is 1. The molecule has 0 bridgehead atoms. The second-order valence-corrected chi connectivity index (χ2v) is 9.13. The minimum atomic E-state index is 0.198. The third-order valence-electron chi connectivity index (χ3n) is 7.13. The van der Waals surface area contributed by atoms with E-state index < -0.39 is 0 Å². The van der Waals surface area contributed by atoms with Crippen LogP contribution in [0.2, 0.25) is 0 Å². The number of carbonyl (C=O) groups excluding carboxylic acids is 1. The van der Waals surface area contributed by atoms with Crippen molar-refractivity contribution >= 4 is 39.6 Å². The lowest BCUT2D eigenvalue weighted by atomic mass is 10.2. The van der Waals surface area contributed by atoms with Crippen molar-refractivity contribution in [3.63, 3.8) is 0 Å². The quantitative estimate of drug-likeness (QED) is 0.644. The van der Waals surface area contributed by atoms with E-state index in [0.29, 0.717) is 6.54 Å². The van der Waals surface area contributed by atoms with Crippen LogP contribution in [0.15, 0.2) is 24.3 Å². The molecule has 0 atom stereocenters. The van der Waals surface area contributed by atoms with Gasteiger partial charge in [0.25, 0.3) is 0 Å². The van der Waals surface area contributed by atoms with Crippen molar-refractivity contribution in [2.45, 2.75) is 45.1 Å². The first kappa shape index (κ1) is 18.9. The second kappa shape index (κ2) is 7.70. The van der Waals surface area contributed by atoms with Gasteiger partial charge in [-0.05, 0) is 44.6 Å². The number of fused-ring (bicyclic) bond motifs is 3. The molecule has 3 aromatic rings. The summed E-state index contributed by atoms with van der Waals surface area (Å²) in [6.07, 6.45) is 7.01. The highest BCUT2D eigenvalue weighted by Crippen LogP contribution is 2.37. The summed E-state index contributed by atoms with van der Waals surface area (Å²) in [5, 5.41) is 2.26. The standard InChI is InChI=1S/C24H30N6O/c31-20(27-11-3-4-12-27)17-30-19-10-2-1-9-18(19)21-22(28-13-5-6-14-28)25-24(26-23(21)30)29-15-7-8-16-29/h1-2,9-10H,3-8,11-17H2/i22+1,23+1,24+1,25+1,26+1. The Morgan fingerprint density at radius 2 is 1.45 bits per heavy atom. The van der Waals surface area contributed by atoms with Crippen LogP contribution in [0.5, 0.6) is 0 Å². The Balaban J connectivity index is 1.55. The van der Waals surface area contributed by atoms with Gasteiger partial charge in [-0.3, -0.25) is 4.79 Å². The van der Waals surface area contributed by atoms with Gasteiger partial charge in [0, 0.05) is 44.7 Å². The molecule has 5 heterocycles. The topological polar surface area (TPSA) is 57.5 Å². The molecule has 0 saturated carbocycles. The predicted molar refractivity (Wildman–Crippen MR) is 124 cm³/mol. The van der Waals surface area contributed by atoms with Crippen molar-refractivity contribution in [1.29, 1.82) is 0 Å². The summed E-state index contributed by atoms with van der Waals surface area (Å²) in [5.41, 5.74) is 1.99. The fraction of sp³-hybridized carbons (Fsp3) is 0.542. The highest BCUT2D eigenvalue weighted by atomic mass is 16.2. The predicted octanol–water partition coefficient (Wildman–Crippen LogP) is 3.41. The van der Waals surface area contributed by atoms with Crippen LogP contribution in [-0.2, 0) is 11.3 Å². The van der Waals surface area contributed by atoms with Gasteiger partial charge in [0.15, 0.2) is 0 Å². The molecule has 3 fully saturated rings. The summed E-state index contributed by atoms with van der Waals surface area (Å²) in [7, 11) is 0. The number of amides is 1. The number of nitrogens with zero attached hydrogens (tertiary/aromatic N) is 6. The Labute approximate surface area is 182 Å². The van der Waals surface area contributed by atoms with Crippen molar-refractivity contribution in [2.75, 3.05) is 49.1 Å². The van der Waals surface area contributed by atoms with Gasteiger partial charge in [0.2, 0.25) is 11.9 Å². The average molecular weight is 424 g/mol. The van der Waals surface area contributed by atoms with Crippen LogP contribution < -0.4 is 9.80 Å². The fourth-order valence-corrected chi connectivity index (χ4v) is 5.48. The summed E-state index contributed by atoms with van der Waals surface area (Å²) in [6, 6.07) is 8.42. The zero-order chi connectivity index (χ0) is 20.8. The average Bonchev–Trinajstić information content (AvgIpc) is 3.61. The molecule has 0 N–H and O–H groups in total. The van der Waals surface area contributed by atoms with E-state index in [9.17, 15) is 4.79 Å². The van der Waals surface area contributed by atoms with Gasteiger partial charge in [-0.25, -0.2) is 0 Å². The number of rotatable bonds is 4. The third-order valence-corrected chi connectivity index (χ3v) is 7.13. The number of benzene rings is 1. The molecule has 0 aliphatic carbocycles. The van der Waals surface area contributed by atoms with E-state index in [4.69, 9.17) is 9.97 Å². The summed E-state index contributed by atoms with van der Waals surface area (Å²) in [5.74, 6) is 2.07.